The van der Waals surface area contributed by atoms with Crippen LogP contribution in [0.4, 0.5) is 0 Å². The average molecular weight is 361 g/mol. The van der Waals surface area contributed by atoms with Crippen molar-refractivity contribution >= 4 is 11.8 Å². The molecule has 1 saturated heterocycles. The zero-order chi connectivity index (χ0) is 19.2. The molecule has 0 spiro atoms. The van der Waals surface area contributed by atoms with E-state index in [1.807, 2.05) is 47.4 Å². The van der Waals surface area contributed by atoms with Crippen LogP contribution in [0.2, 0.25) is 0 Å². The number of likely N-dealkylation sites (tertiary alicyclic amines) is 1. The molecule has 27 heavy (non-hydrogen) atoms. The van der Waals surface area contributed by atoms with Crippen molar-refractivity contribution in [2.24, 2.45) is 11.7 Å². The number of nitrogens with two attached hydrogens (primary N) is 1. The summed E-state index contributed by atoms with van der Waals surface area (Å²) in [6.07, 6.45) is 3.11. The van der Waals surface area contributed by atoms with Crippen molar-refractivity contribution in [1.82, 2.24) is 4.90 Å². The monoisotopic (exact) mass is 361 g/mol. The third-order valence-corrected chi connectivity index (χ3v) is 5.06. The van der Waals surface area contributed by atoms with E-state index in [-0.39, 0.29) is 11.8 Å². The Balaban J connectivity index is 1.68. The minimum atomic E-state index is -0.283. The van der Waals surface area contributed by atoms with Crippen molar-refractivity contribution in [2.75, 3.05) is 13.1 Å². The molecule has 138 valence electrons. The molecule has 0 radical (unpaired) electrons. The summed E-state index contributed by atoms with van der Waals surface area (Å²) >= 11 is 0. The largest absolute Gasteiger partial charge is 0.370 e. The maximum absolute atomic E-state index is 12.8. The molecular formula is C22H23N3O2. The molecule has 3 rings (SSSR count). The van der Waals surface area contributed by atoms with Crippen LogP contribution in [-0.2, 0) is 4.79 Å². The lowest BCUT2D eigenvalue weighted by Crippen LogP contribution is -2.40. The Bertz CT molecular complexity index is 868. The van der Waals surface area contributed by atoms with E-state index < -0.39 is 0 Å². The van der Waals surface area contributed by atoms with E-state index >= 15 is 0 Å². The third-order valence-electron chi connectivity index (χ3n) is 5.06. The lowest BCUT2D eigenvalue weighted by atomic mass is 9.92. The van der Waals surface area contributed by atoms with Crippen LogP contribution in [0, 0.1) is 17.2 Å². The van der Waals surface area contributed by atoms with Crippen LogP contribution >= 0.6 is 0 Å². The topological polar surface area (TPSA) is 87.2 Å². The van der Waals surface area contributed by atoms with E-state index in [1.54, 1.807) is 6.07 Å². The van der Waals surface area contributed by atoms with Gasteiger partial charge in [-0.2, -0.15) is 5.26 Å². The molecule has 1 unspecified atom stereocenters. The summed E-state index contributed by atoms with van der Waals surface area (Å²) < 4.78 is 0. The fourth-order valence-electron chi connectivity index (χ4n) is 3.59. The molecule has 2 aromatic rings. The van der Waals surface area contributed by atoms with Gasteiger partial charge in [-0.1, -0.05) is 24.3 Å². The number of piperidine rings is 1. The van der Waals surface area contributed by atoms with Crippen molar-refractivity contribution in [3.63, 3.8) is 0 Å². The molecule has 2 amide bonds. The molecule has 0 saturated carbocycles. The molecular weight excluding hydrogens is 338 g/mol. The number of benzene rings is 2. The van der Waals surface area contributed by atoms with Crippen molar-refractivity contribution in [3.8, 4) is 17.2 Å². The Morgan fingerprint density at radius 3 is 2.63 bits per heavy atom. The minimum absolute atomic E-state index is 0.0242. The summed E-state index contributed by atoms with van der Waals surface area (Å²) in [7, 11) is 0. The molecule has 2 aromatic carbocycles. The van der Waals surface area contributed by atoms with Gasteiger partial charge in [0, 0.05) is 25.1 Å². The highest BCUT2D eigenvalue weighted by Crippen LogP contribution is 2.24. The van der Waals surface area contributed by atoms with Gasteiger partial charge in [-0.25, -0.2) is 0 Å². The Morgan fingerprint density at radius 1 is 1.15 bits per heavy atom. The molecule has 1 fully saturated rings. The van der Waals surface area contributed by atoms with Gasteiger partial charge in [-0.15, -0.1) is 0 Å². The smallest absolute Gasteiger partial charge is 0.253 e. The second-order valence-corrected chi connectivity index (χ2v) is 7.03. The van der Waals surface area contributed by atoms with Gasteiger partial charge < -0.3 is 10.6 Å². The van der Waals surface area contributed by atoms with E-state index in [4.69, 9.17) is 11.0 Å². The van der Waals surface area contributed by atoms with Gasteiger partial charge in [-0.05, 0) is 60.6 Å². The van der Waals surface area contributed by atoms with Crippen LogP contribution < -0.4 is 5.73 Å². The van der Waals surface area contributed by atoms with Gasteiger partial charge in [0.15, 0.2) is 0 Å². The fraction of sp³-hybridized carbons (Fsp3) is 0.318. The number of hydrogen-bond acceptors (Lipinski definition) is 3. The molecule has 5 heteroatoms. The van der Waals surface area contributed by atoms with Crippen LogP contribution in [0.1, 0.15) is 41.6 Å². The number of hydrogen-bond donors (Lipinski definition) is 1. The third kappa shape index (κ3) is 4.73. The first-order valence-corrected chi connectivity index (χ1v) is 9.25. The number of amides is 2. The van der Waals surface area contributed by atoms with Crippen molar-refractivity contribution in [1.29, 1.82) is 5.26 Å². The van der Waals surface area contributed by atoms with E-state index in [2.05, 4.69) is 6.07 Å². The number of rotatable bonds is 5. The van der Waals surface area contributed by atoms with Crippen LogP contribution in [0.5, 0.6) is 0 Å². The number of carbonyl (C=O) groups is 2. The highest BCUT2D eigenvalue weighted by Gasteiger charge is 2.24. The van der Waals surface area contributed by atoms with E-state index in [0.717, 1.165) is 36.9 Å². The Hall–Kier alpha value is -3.13. The molecule has 2 N–H and O–H groups in total. The Labute approximate surface area is 159 Å². The quantitative estimate of drug-likeness (QED) is 0.886. The van der Waals surface area contributed by atoms with Crippen LogP contribution in [0.3, 0.4) is 0 Å². The number of carbonyl (C=O) groups excluding carboxylic acids is 2. The second-order valence-electron chi connectivity index (χ2n) is 7.03. The zero-order valence-corrected chi connectivity index (χ0v) is 15.2. The van der Waals surface area contributed by atoms with Gasteiger partial charge in [0.2, 0.25) is 5.91 Å². The highest BCUT2D eigenvalue weighted by molar-refractivity contribution is 5.94. The normalized spacial score (nSPS) is 16.6. The first-order valence-electron chi connectivity index (χ1n) is 9.25. The first kappa shape index (κ1) is 18.7. The molecule has 1 heterocycles. The predicted octanol–water partition coefficient (Wildman–Crippen LogP) is 3.34. The summed E-state index contributed by atoms with van der Waals surface area (Å²) in [6.45, 7) is 1.43. The molecule has 5 nitrogen and oxygen atoms in total. The van der Waals surface area contributed by atoms with Crippen molar-refractivity contribution < 1.29 is 9.59 Å². The van der Waals surface area contributed by atoms with Crippen LogP contribution in [0.15, 0.2) is 48.5 Å². The second kappa shape index (κ2) is 8.50. The number of primary amides is 1. The Morgan fingerprint density at radius 2 is 1.93 bits per heavy atom. The van der Waals surface area contributed by atoms with Gasteiger partial charge in [0.25, 0.3) is 5.91 Å². The average Bonchev–Trinajstić information content (AvgIpc) is 2.72. The van der Waals surface area contributed by atoms with Crippen molar-refractivity contribution in [3.05, 3.63) is 59.7 Å². The summed E-state index contributed by atoms with van der Waals surface area (Å²) in [5, 5.41) is 9.03. The van der Waals surface area contributed by atoms with E-state index in [0.29, 0.717) is 30.0 Å². The molecule has 0 aromatic heterocycles. The number of nitrogens with zero attached hydrogens (tertiary/aromatic N) is 2. The number of nitriles is 1. The maximum atomic E-state index is 12.8. The molecule has 0 bridgehead atoms. The van der Waals surface area contributed by atoms with Gasteiger partial charge in [-0.3, -0.25) is 9.59 Å². The lowest BCUT2D eigenvalue weighted by molar-refractivity contribution is -0.118. The van der Waals surface area contributed by atoms with E-state index in [1.165, 1.54) is 0 Å². The van der Waals surface area contributed by atoms with Gasteiger partial charge >= 0.3 is 0 Å². The van der Waals surface area contributed by atoms with Gasteiger partial charge in [0.05, 0.1) is 11.6 Å². The fourth-order valence-corrected chi connectivity index (χ4v) is 3.59. The first-order chi connectivity index (χ1) is 13.1. The highest BCUT2D eigenvalue weighted by atomic mass is 16.2. The minimum Gasteiger partial charge on any atom is -0.370 e. The zero-order valence-electron chi connectivity index (χ0n) is 15.2. The summed E-state index contributed by atoms with van der Waals surface area (Å²) in [6, 6.07) is 17.1. The SMILES string of the molecule is N#Cc1cccc(-c2ccc(C(=O)N3CCCC(CCC(N)=O)C3)cc2)c1. The summed E-state index contributed by atoms with van der Waals surface area (Å²) in [5.41, 5.74) is 8.44. The molecule has 1 aliphatic heterocycles. The predicted molar refractivity (Wildman–Crippen MR) is 104 cm³/mol. The summed E-state index contributed by atoms with van der Waals surface area (Å²) in [4.78, 5) is 25.7. The Kier molecular flexibility index (Phi) is 5.87. The van der Waals surface area contributed by atoms with E-state index in [9.17, 15) is 9.59 Å². The molecule has 1 aliphatic rings. The van der Waals surface area contributed by atoms with Crippen molar-refractivity contribution in [2.45, 2.75) is 25.7 Å². The molecule has 0 aliphatic carbocycles. The maximum Gasteiger partial charge on any atom is 0.253 e. The lowest BCUT2D eigenvalue weighted by Gasteiger charge is -2.32. The standard InChI is InChI=1S/C22H23N3O2/c23-14-17-3-1-5-20(13-17)18-7-9-19(10-8-18)22(27)25-12-2-4-16(15-25)6-11-21(24)26/h1,3,5,7-10,13,16H,2,4,6,11-12,15H2,(H2,24,26). The van der Waals surface area contributed by atoms with Crippen LogP contribution in [-0.4, -0.2) is 29.8 Å². The van der Waals surface area contributed by atoms with Gasteiger partial charge in [0.1, 0.15) is 0 Å². The molecule has 1 atom stereocenters. The van der Waals surface area contributed by atoms with Crippen LogP contribution in [0.25, 0.3) is 11.1 Å². The summed E-state index contributed by atoms with van der Waals surface area (Å²) in [5.74, 6) is 0.0776.